The van der Waals surface area contributed by atoms with E-state index in [-0.39, 0.29) is 0 Å². The van der Waals surface area contributed by atoms with E-state index in [4.69, 9.17) is 11.5 Å². The Morgan fingerprint density at radius 2 is 1.57 bits per heavy atom. The van der Waals surface area contributed by atoms with Crippen LogP contribution in [-0.4, -0.2) is 38.8 Å². The molecule has 0 spiro atoms. The number of nitrogens with one attached hydrogen (secondary N) is 2. The summed E-state index contributed by atoms with van der Waals surface area (Å²) in [5.41, 5.74) is 11.0. The Kier molecular flexibility index (Phi) is 10.8. The van der Waals surface area contributed by atoms with Crippen molar-refractivity contribution >= 4 is 0 Å². The van der Waals surface area contributed by atoms with Crippen molar-refractivity contribution in [2.45, 2.75) is 32.2 Å². The zero-order chi connectivity index (χ0) is 10.6. The van der Waals surface area contributed by atoms with Crippen LogP contribution in [0.5, 0.6) is 0 Å². The minimum Gasteiger partial charge on any atom is -0.330 e. The van der Waals surface area contributed by atoms with Gasteiger partial charge in [-0.1, -0.05) is 0 Å². The van der Waals surface area contributed by atoms with Crippen molar-refractivity contribution in [3.05, 3.63) is 0 Å². The van der Waals surface area contributed by atoms with E-state index < -0.39 is 0 Å². The second kappa shape index (κ2) is 10.9. The number of rotatable bonds is 10. The summed E-state index contributed by atoms with van der Waals surface area (Å²) < 4.78 is 0. The number of hydrogen-bond acceptors (Lipinski definition) is 4. The molecule has 1 unspecified atom stereocenters. The molecular formula is C10H26N4. The maximum Gasteiger partial charge on any atom is 0.00225 e. The third-order valence-corrected chi connectivity index (χ3v) is 2.04. The third kappa shape index (κ3) is 11.8. The fourth-order valence-electron chi connectivity index (χ4n) is 1.15. The Morgan fingerprint density at radius 1 is 1.00 bits per heavy atom. The SMILES string of the molecule is CC(N)CCNCCCNCCCN. The fourth-order valence-corrected chi connectivity index (χ4v) is 1.15. The topological polar surface area (TPSA) is 76.1 Å². The van der Waals surface area contributed by atoms with Gasteiger partial charge >= 0.3 is 0 Å². The maximum atomic E-state index is 5.62. The molecule has 0 saturated heterocycles. The largest absolute Gasteiger partial charge is 0.330 e. The molecular weight excluding hydrogens is 176 g/mol. The quantitative estimate of drug-likeness (QED) is 0.365. The first kappa shape index (κ1) is 13.8. The molecule has 0 heterocycles. The van der Waals surface area contributed by atoms with E-state index in [1.807, 2.05) is 6.92 Å². The highest BCUT2D eigenvalue weighted by Crippen LogP contribution is 1.82. The van der Waals surface area contributed by atoms with Gasteiger partial charge in [-0.3, -0.25) is 0 Å². The average Bonchev–Trinajstić information content (AvgIpc) is 2.15. The van der Waals surface area contributed by atoms with Crippen molar-refractivity contribution in [1.82, 2.24) is 10.6 Å². The molecule has 0 aliphatic rings. The lowest BCUT2D eigenvalue weighted by Crippen LogP contribution is -2.27. The zero-order valence-electron chi connectivity index (χ0n) is 9.39. The number of nitrogens with two attached hydrogens (primary N) is 2. The van der Waals surface area contributed by atoms with E-state index in [1.165, 1.54) is 6.42 Å². The first-order chi connectivity index (χ1) is 6.77. The Balaban J connectivity index is 2.85. The minimum absolute atomic E-state index is 0.310. The summed E-state index contributed by atoms with van der Waals surface area (Å²) in [6, 6.07) is 0.310. The van der Waals surface area contributed by atoms with E-state index in [0.717, 1.165) is 45.6 Å². The summed E-state index contributed by atoms with van der Waals surface area (Å²) in [6.45, 7) is 7.03. The molecule has 0 saturated carbocycles. The van der Waals surface area contributed by atoms with E-state index in [1.54, 1.807) is 0 Å². The summed E-state index contributed by atoms with van der Waals surface area (Å²) in [4.78, 5) is 0. The summed E-state index contributed by atoms with van der Waals surface area (Å²) >= 11 is 0. The van der Waals surface area contributed by atoms with Gasteiger partial charge in [0.25, 0.3) is 0 Å². The second-order valence-corrected chi connectivity index (χ2v) is 3.76. The molecule has 0 aromatic rings. The van der Waals surface area contributed by atoms with Crippen molar-refractivity contribution < 1.29 is 0 Å². The summed E-state index contributed by atoms with van der Waals surface area (Å²) in [5.74, 6) is 0. The molecule has 0 fully saturated rings. The van der Waals surface area contributed by atoms with Crippen LogP contribution in [0.1, 0.15) is 26.2 Å². The number of hydrogen-bond donors (Lipinski definition) is 4. The van der Waals surface area contributed by atoms with Crippen LogP contribution in [0.4, 0.5) is 0 Å². The Morgan fingerprint density at radius 3 is 2.14 bits per heavy atom. The fraction of sp³-hybridized carbons (Fsp3) is 1.00. The molecule has 0 amide bonds. The molecule has 1 atom stereocenters. The van der Waals surface area contributed by atoms with Crippen LogP contribution in [0.15, 0.2) is 0 Å². The molecule has 0 aliphatic carbocycles. The van der Waals surface area contributed by atoms with Crippen LogP contribution in [0.3, 0.4) is 0 Å². The molecule has 0 bridgehead atoms. The van der Waals surface area contributed by atoms with Gasteiger partial charge in [0, 0.05) is 6.04 Å². The van der Waals surface area contributed by atoms with E-state index in [9.17, 15) is 0 Å². The molecule has 0 aromatic heterocycles. The van der Waals surface area contributed by atoms with Gasteiger partial charge in [0.2, 0.25) is 0 Å². The van der Waals surface area contributed by atoms with Crippen molar-refractivity contribution in [3.8, 4) is 0 Å². The smallest absolute Gasteiger partial charge is 0.00225 e. The predicted molar refractivity (Wildman–Crippen MR) is 62.3 cm³/mol. The van der Waals surface area contributed by atoms with Gasteiger partial charge in [0.05, 0.1) is 0 Å². The second-order valence-electron chi connectivity index (χ2n) is 3.76. The third-order valence-electron chi connectivity index (χ3n) is 2.04. The van der Waals surface area contributed by atoms with Gasteiger partial charge in [-0.25, -0.2) is 0 Å². The predicted octanol–water partition coefficient (Wildman–Crippen LogP) is -0.358. The first-order valence-electron chi connectivity index (χ1n) is 5.64. The summed E-state index contributed by atoms with van der Waals surface area (Å²) in [7, 11) is 0. The molecule has 4 heteroatoms. The lowest BCUT2D eigenvalue weighted by atomic mass is 10.2. The highest BCUT2D eigenvalue weighted by atomic mass is 14.9. The average molecular weight is 202 g/mol. The van der Waals surface area contributed by atoms with Crippen LogP contribution in [0, 0.1) is 0 Å². The van der Waals surface area contributed by atoms with Gasteiger partial charge in [0.1, 0.15) is 0 Å². The van der Waals surface area contributed by atoms with E-state index in [0.29, 0.717) is 6.04 Å². The van der Waals surface area contributed by atoms with Gasteiger partial charge in [-0.05, 0) is 58.9 Å². The van der Waals surface area contributed by atoms with Crippen LogP contribution >= 0.6 is 0 Å². The molecule has 14 heavy (non-hydrogen) atoms. The van der Waals surface area contributed by atoms with Crippen LogP contribution in [0.2, 0.25) is 0 Å². The zero-order valence-corrected chi connectivity index (χ0v) is 9.39. The highest BCUT2D eigenvalue weighted by Gasteiger charge is 1.92. The lowest BCUT2D eigenvalue weighted by Gasteiger charge is -2.07. The van der Waals surface area contributed by atoms with Crippen molar-refractivity contribution in [2.75, 3.05) is 32.7 Å². The van der Waals surface area contributed by atoms with Crippen molar-refractivity contribution in [3.63, 3.8) is 0 Å². The molecule has 6 N–H and O–H groups in total. The van der Waals surface area contributed by atoms with Crippen molar-refractivity contribution in [1.29, 1.82) is 0 Å². The van der Waals surface area contributed by atoms with E-state index in [2.05, 4.69) is 10.6 Å². The highest BCUT2D eigenvalue weighted by molar-refractivity contribution is 4.57. The molecule has 0 aliphatic heterocycles. The standard InChI is InChI=1S/C10H26N4/c1-10(12)4-9-14-8-3-7-13-6-2-5-11/h10,13-14H,2-9,11-12H2,1H3. The minimum atomic E-state index is 0.310. The van der Waals surface area contributed by atoms with Crippen molar-refractivity contribution in [2.24, 2.45) is 11.5 Å². The van der Waals surface area contributed by atoms with Crippen LogP contribution in [0.25, 0.3) is 0 Å². The first-order valence-corrected chi connectivity index (χ1v) is 5.64. The molecule has 0 radical (unpaired) electrons. The van der Waals surface area contributed by atoms with E-state index >= 15 is 0 Å². The normalized spacial score (nSPS) is 13.1. The van der Waals surface area contributed by atoms with Gasteiger partial charge in [0.15, 0.2) is 0 Å². The molecule has 0 aromatic carbocycles. The van der Waals surface area contributed by atoms with Gasteiger partial charge < -0.3 is 22.1 Å². The Bertz CT molecular complexity index is 106. The Hall–Kier alpha value is -0.160. The Labute approximate surface area is 87.8 Å². The lowest BCUT2D eigenvalue weighted by molar-refractivity contribution is 0.555. The summed E-state index contributed by atoms with van der Waals surface area (Å²) in [5, 5.41) is 6.70. The van der Waals surface area contributed by atoms with Crippen LogP contribution < -0.4 is 22.1 Å². The monoisotopic (exact) mass is 202 g/mol. The molecule has 86 valence electrons. The van der Waals surface area contributed by atoms with Gasteiger partial charge in [-0.2, -0.15) is 0 Å². The summed E-state index contributed by atoms with van der Waals surface area (Å²) in [6.07, 6.45) is 3.29. The molecule has 0 rings (SSSR count). The molecule has 4 nitrogen and oxygen atoms in total. The van der Waals surface area contributed by atoms with Gasteiger partial charge in [-0.15, -0.1) is 0 Å². The maximum absolute atomic E-state index is 5.62. The van der Waals surface area contributed by atoms with Crippen LogP contribution in [-0.2, 0) is 0 Å².